The molecular weight excluding hydrogens is 236 g/mol. The Morgan fingerprint density at radius 3 is 2.17 bits per heavy atom. The Morgan fingerprint density at radius 1 is 1.11 bits per heavy atom. The highest BCUT2D eigenvalue weighted by molar-refractivity contribution is 6.78. The third kappa shape index (κ3) is 5.27. The minimum Gasteiger partial charge on any atom is -0.390 e. The first-order valence-corrected chi connectivity index (χ1v) is 11.3. The Kier molecular flexibility index (Phi) is 6.13. The second kappa shape index (κ2) is 6.90. The van der Waals surface area contributed by atoms with Crippen LogP contribution in [-0.4, -0.2) is 18.8 Å². The molecule has 0 aliphatic heterocycles. The molecule has 1 nitrogen and oxygen atoms in total. The van der Waals surface area contributed by atoms with Crippen molar-refractivity contribution in [2.45, 2.75) is 88.6 Å². The normalized spacial score (nSPS) is 27.2. The smallest absolute Gasteiger partial charge is 0.0654 e. The van der Waals surface area contributed by atoms with Crippen LogP contribution >= 0.6 is 0 Å². The summed E-state index contributed by atoms with van der Waals surface area (Å²) in [5, 5.41) is 10.4. The molecule has 0 unspecified atom stereocenters. The lowest BCUT2D eigenvalue weighted by atomic mass is 10.1. The molecule has 0 heterocycles. The predicted octanol–water partition coefficient (Wildman–Crippen LogP) is 5.14. The summed E-state index contributed by atoms with van der Waals surface area (Å²) in [5.41, 5.74) is 0.408. The SMILES string of the molecule is C=CCCCCCCCC[C@@]1(O)C[C@H]1[Si](C)(C)C. The summed E-state index contributed by atoms with van der Waals surface area (Å²) in [7, 11) is -1.11. The van der Waals surface area contributed by atoms with Gasteiger partial charge in [-0.25, -0.2) is 0 Å². The second-order valence-corrected chi connectivity index (χ2v) is 12.6. The summed E-state index contributed by atoms with van der Waals surface area (Å²) in [4.78, 5) is 0. The maximum atomic E-state index is 10.4. The van der Waals surface area contributed by atoms with Gasteiger partial charge in [0.05, 0.1) is 13.7 Å². The van der Waals surface area contributed by atoms with Gasteiger partial charge in [0.2, 0.25) is 0 Å². The molecule has 0 aromatic heterocycles. The molecule has 2 heteroatoms. The van der Waals surface area contributed by atoms with Crippen LogP contribution in [0.1, 0.15) is 57.8 Å². The molecule has 0 amide bonds. The van der Waals surface area contributed by atoms with Crippen LogP contribution in [0.15, 0.2) is 12.7 Å². The van der Waals surface area contributed by atoms with E-state index in [0.29, 0.717) is 5.54 Å². The lowest BCUT2D eigenvalue weighted by molar-refractivity contribution is 0.135. The number of aliphatic hydroxyl groups is 1. The molecule has 0 radical (unpaired) electrons. The second-order valence-electron chi connectivity index (χ2n) is 7.17. The zero-order chi connectivity index (χ0) is 13.6. The zero-order valence-electron chi connectivity index (χ0n) is 12.7. The lowest BCUT2D eigenvalue weighted by Crippen LogP contribution is -2.26. The van der Waals surface area contributed by atoms with Crippen molar-refractivity contribution in [2.75, 3.05) is 0 Å². The van der Waals surface area contributed by atoms with Crippen LogP contribution in [-0.2, 0) is 0 Å². The molecule has 0 aromatic rings. The van der Waals surface area contributed by atoms with E-state index in [1.807, 2.05) is 6.08 Å². The van der Waals surface area contributed by atoms with E-state index in [2.05, 4.69) is 26.2 Å². The van der Waals surface area contributed by atoms with Gasteiger partial charge in [0, 0.05) is 0 Å². The minimum absolute atomic E-state index is 0.257. The van der Waals surface area contributed by atoms with E-state index in [9.17, 15) is 5.11 Å². The molecular formula is C16H32OSi. The first-order chi connectivity index (χ1) is 8.40. The predicted molar refractivity (Wildman–Crippen MR) is 83.8 cm³/mol. The van der Waals surface area contributed by atoms with E-state index in [-0.39, 0.29) is 5.60 Å². The number of allylic oxidation sites excluding steroid dienone is 1. The van der Waals surface area contributed by atoms with Crippen LogP contribution in [0, 0.1) is 0 Å². The number of unbranched alkanes of at least 4 members (excludes halogenated alkanes) is 6. The van der Waals surface area contributed by atoms with Crippen molar-refractivity contribution < 1.29 is 5.11 Å². The Bertz CT molecular complexity index is 256. The molecule has 0 aromatic carbocycles. The van der Waals surface area contributed by atoms with Crippen LogP contribution < -0.4 is 0 Å². The van der Waals surface area contributed by atoms with Gasteiger partial charge in [-0.3, -0.25) is 0 Å². The monoisotopic (exact) mass is 268 g/mol. The van der Waals surface area contributed by atoms with Gasteiger partial charge in [-0.15, -0.1) is 6.58 Å². The van der Waals surface area contributed by atoms with Crippen molar-refractivity contribution in [3.63, 3.8) is 0 Å². The molecule has 1 rings (SSSR count). The van der Waals surface area contributed by atoms with Crippen molar-refractivity contribution in [3.8, 4) is 0 Å². The topological polar surface area (TPSA) is 20.2 Å². The fourth-order valence-corrected chi connectivity index (χ4v) is 5.83. The Labute approximate surface area is 115 Å². The maximum Gasteiger partial charge on any atom is 0.0654 e. The number of hydrogen-bond acceptors (Lipinski definition) is 1. The third-order valence-corrected chi connectivity index (χ3v) is 7.19. The Hall–Kier alpha value is -0.0831. The van der Waals surface area contributed by atoms with Crippen molar-refractivity contribution in [3.05, 3.63) is 12.7 Å². The highest BCUT2D eigenvalue weighted by Crippen LogP contribution is 2.57. The van der Waals surface area contributed by atoms with E-state index in [1.54, 1.807) is 0 Å². The molecule has 1 aliphatic carbocycles. The van der Waals surface area contributed by atoms with Gasteiger partial charge in [-0.1, -0.05) is 57.8 Å². The molecule has 1 N–H and O–H groups in total. The van der Waals surface area contributed by atoms with Gasteiger partial charge in [0.25, 0.3) is 0 Å². The third-order valence-electron chi connectivity index (χ3n) is 4.36. The first-order valence-electron chi connectivity index (χ1n) is 7.73. The molecule has 2 atom stereocenters. The lowest BCUT2D eigenvalue weighted by Gasteiger charge is -2.19. The minimum atomic E-state index is -1.11. The van der Waals surface area contributed by atoms with Crippen molar-refractivity contribution >= 4 is 8.07 Å². The molecule has 0 bridgehead atoms. The van der Waals surface area contributed by atoms with E-state index < -0.39 is 8.07 Å². The van der Waals surface area contributed by atoms with Crippen molar-refractivity contribution in [1.29, 1.82) is 0 Å². The molecule has 106 valence electrons. The summed E-state index contributed by atoms with van der Waals surface area (Å²) in [5.74, 6) is 0. The van der Waals surface area contributed by atoms with Crippen LogP contribution in [0.3, 0.4) is 0 Å². The summed E-state index contributed by atoms with van der Waals surface area (Å²) < 4.78 is 0. The Morgan fingerprint density at radius 2 is 1.67 bits per heavy atom. The largest absolute Gasteiger partial charge is 0.390 e. The molecule has 0 spiro atoms. The molecule has 1 aliphatic rings. The van der Waals surface area contributed by atoms with E-state index in [1.165, 1.54) is 38.5 Å². The van der Waals surface area contributed by atoms with Gasteiger partial charge >= 0.3 is 0 Å². The highest BCUT2D eigenvalue weighted by atomic mass is 28.3. The van der Waals surface area contributed by atoms with Crippen molar-refractivity contribution in [1.82, 2.24) is 0 Å². The number of hydrogen-bond donors (Lipinski definition) is 1. The van der Waals surface area contributed by atoms with Gasteiger partial charge in [0.1, 0.15) is 0 Å². The molecule has 18 heavy (non-hydrogen) atoms. The van der Waals surface area contributed by atoms with Gasteiger partial charge < -0.3 is 5.11 Å². The van der Waals surface area contributed by atoms with Crippen LogP contribution in [0.5, 0.6) is 0 Å². The Balaban J connectivity index is 1.98. The van der Waals surface area contributed by atoms with Crippen LogP contribution in [0.4, 0.5) is 0 Å². The van der Waals surface area contributed by atoms with Gasteiger partial charge in [0.15, 0.2) is 0 Å². The van der Waals surface area contributed by atoms with Gasteiger partial charge in [-0.2, -0.15) is 0 Å². The van der Waals surface area contributed by atoms with Crippen LogP contribution in [0.2, 0.25) is 25.2 Å². The quantitative estimate of drug-likeness (QED) is 0.330. The van der Waals surface area contributed by atoms with Gasteiger partial charge in [-0.05, 0) is 31.2 Å². The summed E-state index contributed by atoms with van der Waals surface area (Å²) >= 11 is 0. The molecule has 0 saturated heterocycles. The van der Waals surface area contributed by atoms with E-state index >= 15 is 0 Å². The van der Waals surface area contributed by atoms with Crippen molar-refractivity contribution in [2.24, 2.45) is 0 Å². The fourth-order valence-electron chi connectivity index (χ4n) is 3.11. The van der Waals surface area contributed by atoms with Crippen LogP contribution in [0.25, 0.3) is 0 Å². The van der Waals surface area contributed by atoms with E-state index in [0.717, 1.165) is 19.3 Å². The average Bonchev–Trinajstić information content (AvgIpc) is 2.95. The molecule has 1 fully saturated rings. The number of rotatable bonds is 10. The first kappa shape index (κ1) is 16.0. The maximum absolute atomic E-state index is 10.4. The van der Waals surface area contributed by atoms with E-state index in [4.69, 9.17) is 0 Å². The summed E-state index contributed by atoms with van der Waals surface area (Å²) in [6, 6.07) is 0. The summed E-state index contributed by atoms with van der Waals surface area (Å²) in [6.07, 6.45) is 13.2. The molecule has 1 saturated carbocycles. The standard InChI is InChI=1S/C16H32OSi/c1-5-6-7-8-9-10-11-12-13-16(17)14-15(16)18(2,3)4/h5,15,17H,1,6-14H2,2-4H3/t15-,16-/m1/s1. The highest BCUT2D eigenvalue weighted by Gasteiger charge is 2.57. The summed E-state index contributed by atoms with van der Waals surface area (Å²) in [6.45, 7) is 10.9. The fraction of sp³-hybridized carbons (Fsp3) is 0.875. The average molecular weight is 269 g/mol. The zero-order valence-corrected chi connectivity index (χ0v) is 13.7.